The van der Waals surface area contributed by atoms with Crippen LogP contribution in [0.1, 0.15) is 26.7 Å². The van der Waals surface area contributed by atoms with Crippen LogP contribution < -0.4 is 10.6 Å². The molecule has 0 aliphatic carbocycles. The molecule has 0 spiro atoms. The van der Waals surface area contributed by atoms with Gasteiger partial charge in [0.05, 0.1) is 29.3 Å². The number of aromatic nitrogens is 1. The van der Waals surface area contributed by atoms with Crippen LogP contribution in [0.2, 0.25) is 0 Å². The second-order valence-electron chi connectivity index (χ2n) is 5.35. The van der Waals surface area contributed by atoms with Crippen molar-refractivity contribution >= 4 is 11.4 Å². The lowest BCUT2D eigenvalue weighted by Crippen LogP contribution is -2.31. The van der Waals surface area contributed by atoms with Crippen molar-refractivity contribution in [2.45, 2.75) is 38.4 Å². The minimum Gasteiger partial charge on any atom is -0.396 e. The van der Waals surface area contributed by atoms with Gasteiger partial charge in [-0.15, -0.1) is 0 Å². The van der Waals surface area contributed by atoms with E-state index in [0.29, 0.717) is 11.8 Å². The zero-order valence-corrected chi connectivity index (χ0v) is 10.8. The van der Waals surface area contributed by atoms with E-state index in [1.165, 1.54) is 0 Å². The van der Waals surface area contributed by atoms with Gasteiger partial charge in [-0.25, -0.2) is 0 Å². The summed E-state index contributed by atoms with van der Waals surface area (Å²) in [5, 5.41) is 0. The molecule has 0 aromatic carbocycles. The second kappa shape index (κ2) is 4.53. The first-order chi connectivity index (χ1) is 7.98. The molecular weight excluding hydrogens is 214 g/mol. The van der Waals surface area contributed by atoms with Crippen molar-refractivity contribution in [1.82, 2.24) is 4.98 Å². The van der Waals surface area contributed by atoms with Crippen molar-refractivity contribution in [3.05, 3.63) is 18.5 Å². The molecule has 1 unspecified atom stereocenters. The molecule has 94 valence electrons. The Morgan fingerprint density at radius 1 is 1.59 bits per heavy atom. The van der Waals surface area contributed by atoms with Crippen LogP contribution in [0.15, 0.2) is 18.5 Å². The highest BCUT2D eigenvalue weighted by atomic mass is 16.5. The molecule has 0 amide bonds. The summed E-state index contributed by atoms with van der Waals surface area (Å²) >= 11 is 0. The summed E-state index contributed by atoms with van der Waals surface area (Å²) in [7, 11) is 2.04. The molecule has 1 aromatic rings. The fraction of sp³-hybridized carbons (Fsp3) is 0.615. The molecule has 1 aromatic heterocycles. The molecule has 0 saturated carbocycles. The van der Waals surface area contributed by atoms with Gasteiger partial charge in [0.2, 0.25) is 0 Å². The van der Waals surface area contributed by atoms with Gasteiger partial charge in [0.25, 0.3) is 0 Å². The number of anilines is 2. The number of nitrogen functional groups attached to an aromatic ring is 1. The van der Waals surface area contributed by atoms with Gasteiger partial charge >= 0.3 is 0 Å². The third-order valence-electron chi connectivity index (χ3n) is 3.27. The molecule has 0 bridgehead atoms. The summed E-state index contributed by atoms with van der Waals surface area (Å²) in [4.78, 5) is 6.14. The van der Waals surface area contributed by atoms with E-state index in [1.807, 2.05) is 13.1 Å². The predicted molar refractivity (Wildman–Crippen MR) is 70.1 cm³/mol. The lowest BCUT2D eigenvalue weighted by Gasteiger charge is -2.26. The number of nitrogens with two attached hydrogens (primary N) is 1. The Morgan fingerprint density at radius 2 is 2.35 bits per heavy atom. The van der Waals surface area contributed by atoms with Gasteiger partial charge in [-0.1, -0.05) is 0 Å². The van der Waals surface area contributed by atoms with E-state index in [-0.39, 0.29) is 5.60 Å². The van der Waals surface area contributed by atoms with Crippen molar-refractivity contribution in [2.75, 3.05) is 24.2 Å². The zero-order chi connectivity index (χ0) is 12.5. The van der Waals surface area contributed by atoms with E-state index in [0.717, 1.165) is 25.1 Å². The molecular formula is C13H21N3O. The predicted octanol–water partition coefficient (Wildman–Crippen LogP) is 2.06. The maximum atomic E-state index is 5.98. The van der Waals surface area contributed by atoms with Crippen molar-refractivity contribution < 1.29 is 4.74 Å². The zero-order valence-electron chi connectivity index (χ0n) is 10.8. The molecule has 1 aliphatic heterocycles. The van der Waals surface area contributed by atoms with E-state index in [9.17, 15) is 0 Å². The molecule has 1 saturated heterocycles. The standard InChI is InChI=1S/C13H21N3O/c1-13(2)6-4-10(17-13)9-16(3)12-5-7-15-8-11(12)14/h5,7-8,10H,4,6,9,14H2,1-3H3. The fourth-order valence-electron chi connectivity index (χ4n) is 2.36. The highest BCUT2D eigenvalue weighted by Gasteiger charge is 2.32. The number of rotatable bonds is 3. The van der Waals surface area contributed by atoms with Gasteiger partial charge in [-0.2, -0.15) is 0 Å². The third kappa shape index (κ3) is 2.88. The summed E-state index contributed by atoms with van der Waals surface area (Å²) in [6.07, 6.45) is 5.98. The van der Waals surface area contributed by atoms with Crippen molar-refractivity contribution in [3.63, 3.8) is 0 Å². The van der Waals surface area contributed by atoms with Crippen LogP contribution >= 0.6 is 0 Å². The molecule has 1 aliphatic rings. The maximum absolute atomic E-state index is 5.98. The summed E-state index contributed by atoms with van der Waals surface area (Å²) in [6, 6.07) is 1.94. The van der Waals surface area contributed by atoms with Crippen LogP contribution in [0.25, 0.3) is 0 Å². The first-order valence-electron chi connectivity index (χ1n) is 6.06. The van der Waals surface area contributed by atoms with E-state index in [2.05, 4.69) is 23.7 Å². The number of nitrogens with zero attached hydrogens (tertiary/aromatic N) is 2. The number of likely N-dealkylation sites (N-methyl/N-ethyl adjacent to an activating group) is 1. The Morgan fingerprint density at radius 3 is 2.94 bits per heavy atom. The van der Waals surface area contributed by atoms with Gasteiger partial charge in [0.15, 0.2) is 0 Å². The van der Waals surface area contributed by atoms with Crippen molar-refractivity contribution in [3.8, 4) is 0 Å². The van der Waals surface area contributed by atoms with Gasteiger partial charge in [-0.3, -0.25) is 4.98 Å². The van der Waals surface area contributed by atoms with E-state index >= 15 is 0 Å². The Balaban J connectivity index is 1.99. The normalized spacial score (nSPS) is 22.6. The third-order valence-corrected chi connectivity index (χ3v) is 3.27. The van der Waals surface area contributed by atoms with Crippen LogP contribution in [-0.4, -0.2) is 30.3 Å². The summed E-state index contributed by atoms with van der Waals surface area (Å²) in [6.45, 7) is 5.17. The quantitative estimate of drug-likeness (QED) is 0.871. The highest BCUT2D eigenvalue weighted by molar-refractivity contribution is 5.65. The van der Waals surface area contributed by atoms with Crippen molar-refractivity contribution in [2.24, 2.45) is 0 Å². The first-order valence-corrected chi connectivity index (χ1v) is 6.06. The van der Waals surface area contributed by atoms with Crippen LogP contribution in [0.4, 0.5) is 11.4 Å². The summed E-state index contributed by atoms with van der Waals surface area (Å²) < 4.78 is 5.98. The Labute approximate surface area is 103 Å². The van der Waals surface area contributed by atoms with Crippen LogP contribution in [0.3, 0.4) is 0 Å². The minimum absolute atomic E-state index is 0.0231. The van der Waals surface area contributed by atoms with Crippen LogP contribution in [0, 0.1) is 0 Å². The molecule has 2 rings (SSSR count). The van der Waals surface area contributed by atoms with Gasteiger partial charge in [-0.05, 0) is 32.8 Å². The smallest absolute Gasteiger partial charge is 0.0758 e. The van der Waals surface area contributed by atoms with Crippen LogP contribution in [0.5, 0.6) is 0 Å². The van der Waals surface area contributed by atoms with Gasteiger partial charge < -0.3 is 15.4 Å². The minimum atomic E-state index is 0.0231. The molecule has 17 heavy (non-hydrogen) atoms. The molecule has 4 nitrogen and oxygen atoms in total. The van der Waals surface area contributed by atoms with E-state index < -0.39 is 0 Å². The van der Waals surface area contributed by atoms with Gasteiger partial charge in [0.1, 0.15) is 0 Å². The van der Waals surface area contributed by atoms with E-state index in [4.69, 9.17) is 10.5 Å². The number of hydrogen-bond acceptors (Lipinski definition) is 4. The molecule has 4 heteroatoms. The van der Waals surface area contributed by atoms with E-state index in [1.54, 1.807) is 12.4 Å². The largest absolute Gasteiger partial charge is 0.396 e. The molecule has 1 fully saturated rings. The maximum Gasteiger partial charge on any atom is 0.0758 e. The average molecular weight is 235 g/mol. The second-order valence-corrected chi connectivity index (χ2v) is 5.35. The fourth-order valence-corrected chi connectivity index (χ4v) is 2.36. The monoisotopic (exact) mass is 235 g/mol. The molecule has 1 atom stereocenters. The first kappa shape index (κ1) is 12.2. The lowest BCUT2D eigenvalue weighted by molar-refractivity contribution is -0.0111. The SMILES string of the molecule is CN(CC1CCC(C)(C)O1)c1ccncc1N. The van der Waals surface area contributed by atoms with Gasteiger partial charge in [0, 0.05) is 19.8 Å². The molecule has 0 radical (unpaired) electrons. The Kier molecular flexibility index (Phi) is 3.24. The topological polar surface area (TPSA) is 51.4 Å². The highest BCUT2D eigenvalue weighted by Crippen LogP contribution is 2.30. The molecule has 2 heterocycles. The van der Waals surface area contributed by atoms with Crippen molar-refractivity contribution in [1.29, 1.82) is 0 Å². The number of hydrogen-bond donors (Lipinski definition) is 1. The summed E-state index contributed by atoms with van der Waals surface area (Å²) in [5.41, 5.74) is 7.66. The van der Waals surface area contributed by atoms with Crippen LogP contribution in [-0.2, 0) is 4.74 Å². The average Bonchev–Trinajstić information content (AvgIpc) is 2.58. The molecule has 2 N–H and O–H groups in total. The Bertz CT molecular complexity index is 392. The number of pyridine rings is 1. The Hall–Kier alpha value is -1.29. The number of ether oxygens (including phenoxy) is 1. The lowest BCUT2D eigenvalue weighted by atomic mass is 10.1. The summed E-state index contributed by atoms with van der Waals surface area (Å²) in [5.74, 6) is 0.